The van der Waals surface area contributed by atoms with Crippen molar-refractivity contribution >= 4 is 21.9 Å². The molecule has 0 saturated heterocycles. The highest BCUT2D eigenvalue weighted by Crippen LogP contribution is 2.12. The summed E-state index contributed by atoms with van der Waals surface area (Å²) < 4.78 is 0.858. The molecular weight excluding hydrogens is 258 g/mol. The summed E-state index contributed by atoms with van der Waals surface area (Å²) in [6, 6.07) is 0.205. The minimum atomic E-state index is 0.173. The molecule has 2 N–H and O–H groups in total. The smallest absolute Gasteiger partial charge is 0.222 e. The summed E-state index contributed by atoms with van der Waals surface area (Å²) in [6.45, 7) is 4.38. The van der Waals surface area contributed by atoms with Crippen LogP contribution in [-0.4, -0.2) is 27.7 Å². The van der Waals surface area contributed by atoms with E-state index in [0.717, 1.165) is 4.47 Å². The Morgan fingerprint density at radius 2 is 2.00 bits per heavy atom. The van der Waals surface area contributed by atoms with Crippen molar-refractivity contribution in [3.05, 3.63) is 16.9 Å². The Morgan fingerprint density at radius 3 is 2.47 bits per heavy atom. The molecule has 1 rings (SSSR count). The summed E-state index contributed by atoms with van der Waals surface area (Å²) in [5.74, 6) is 1.04. The van der Waals surface area contributed by atoms with E-state index >= 15 is 0 Å². The van der Waals surface area contributed by atoms with Gasteiger partial charge in [-0.3, -0.25) is 0 Å². The van der Waals surface area contributed by atoms with Gasteiger partial charge < -0.3 is 10.4 Å². The average molecular weight is 274 g/mol. The summed E-state index contributed by atoms with van der Waals surface area (Å²) in [7, 11) is 0. The number of anilines is 1. The van der Waals surface area contributed by atoms with Crippen molar-refractivity contribution in [2.24, 2.45) is 5.92 Å². The molecule has 1 aromatic heterocycles. The molecule has 0 radical (unpaired) electrons. The van der Waals surface area contributed by atoms with Crippen LogP contribution < -0.4 is 5.32 Å². The van der Waals surface area contributed by atoms with Gasteiger partial charge in [-0.2, -0.15) is 0 Å². The van der Waals surface area contributed by atoms with Crippen LogP contribution in [0.1, 0.15) is 20.3 Å². The van der Waals surface area contributed by atoms with Crippen molar-refractivity contribution in [3.8, 4) is 0 Å². The van der Waals surface area contributed by atoms with E-state index in [9.17, 15) is 0 Å². The van der Waals surface area contributed by atoms with Gasteiger partial charge in [0.1, 0.15) is 0 Å². The molecule has 0 aliphatic heterocycles. The number of rotatable bonds is 5. The largest absolute Gasteiger partial charge is 0.396 e. The second-order valence-electron chi connectivity index (χ2n) is 3.73. The Labute approximate surface area is 98.3 Å². The van der Waals surface area contributed by atoms with Gasteiger partial charge in [0.25, 0.3) is 0 Å². The van der Waals surface area contributed by atoms with Crippen molar-refractivity contribution in [1.29, 1.82) is 0 Å². The van der Waals surface area contributed by atoms with Crippen molar-refractivity contribution in [3.63, 3.8) is 0 Å². The van der Waals surface area contributed by atoms with Crippen molar-refractivity contribution in [2.45, 2.75) is 26.3 Å². The molecule has 0 bridgehead atoms. The zero-order chi connectivity index (χ0) is 11.3. The van der Waals surface area contributed by atoms with E-state index in [-0.39, 0.29) is 12.6 Å². The van der Waals surface area contributed by atoms with Gasteiger partial charge in [0.15, 0.2) is 0 Å². The molecule has 1 aromatic rings. The van der Waals surface area contributed by atoms with Crippen molar-refractivity contribution < 1.29 is 5.11 Å². The Kier molecular flexibility index (Phi) is 4.98. The second-order valence-corrected chi connectivity index (χ2v) is 4.65. The maximum atomic E-state index is 8.92. The van der Waals surface area contributed by atoms with Gasteiger partial charge in [-0.15, -0.1) is 0 Å². The fourth-order valence-corrected chi connectivity index (χ4v) is 1.47. The normalized spacial score (nSPS) is 12.9. The lowest BCUT2D eigenvalue weighted by Crippen LogP contribution is -2.27. The van der Waals surface area contributed by atoms with Gasteiger partial charge in [0.2, 0.25) is 5.95 Å². The zero-order valence-electron chi connectivity index (χ0n) is 8.94. The first kappa shape index (κ1) is 12.4. The molecule has 84 valence electrons. The molecule has 0 fully saturated rings. The molecule has 0 spiro atoms. The van der Waals surface area contributed by atoms with Crippen LogP contribution in [0.15, 0.2) is 16.9 Å². The predicted molar refractivity (Wildman–Crippen MR) is 63.7 cm³/mol. The third-order valence-electron chi connectivity index (χ3n) is 2.18. The third-order valence-corrected chi connectivity index (χ3v) is 2.59. The van der Waals surface area contributed by atoms with Crippen LogP contribution in [0.3, 0.4) is 0 Å². The van der Waals surface area contributed by atoms with E-state index in [1.54, 1.807) is 12.4 Å². The van der Waals surface area contributed by atoms with Crippen LogP contribution >= 0.6 is 15.9 Å². The highest BCUT2D eigenvalue weighted by atomic mass is 79.9. The van der Waals surface area contributed by atoms with E-state index in [1.807, 2.05) is 0 Å². The minimum Gasteiger partial charge on any atom is -0.396 e. The molecule has 0 saturated carbocycles. The number of hydrogen-bond donors (Lipinski definition) is 2. The van der Waals surface area contributed by atoms with Crippen LogP contribution in [0.25, 0.3) is 0 Å². The van der Waals surface area contributed by atoms with Crippen molar-refractivity contribution in [2.75, 3.05) is 11.9 Å². The second kappa shape index (κ2) is 6.02. The van der Waals surface area contributed by atoms with Gasteiger partial charge in [0.05, 0.1) is 4.47 Å². The maximum Gasteiger partial charge on any atom is 0.222 e. The molecule has 0 amide bonds. The van der Waals surface area contributed by atoms with Crippen LogP contribution in [0.5, 0.6) is 0 Å². The molecular formula is C10H16BrN3O. The van der Waals surface area contributed by atoms with E-state index in [2.05, 4.69) is 45.1 Å². The SMILES string of the molecule is CC(C)[C@H](CCO)Nc1ncc(Br)cn1. The fourth-order valence-electron chi connectivity index (χ4n) is 1.26. The number of halogens is 1. The minimum absolute atomic E-state index is 0.173. The van der Waals surface area contributed by atoms with E-state index < -0.39 is 0 Å². The standard InChI is InChI=1S/C10H16BrN3O/c1-7(2)9(3-4-15)14-10-12-5-8(11)6-13-10/h5-7,9,15H,3-4H2,1-2H3,(H,12,13,14)/t9-/m0/s1. The van der Waals surface area contributed by atoms with E-state index in [0.29, 0.717) is 18.3 Å². The molecule has 0 aliphatic rings. The highest BCUT2D eigenvalue weighted by molar-refractivity contribution is 9.10. The Balaban J connectivity index is 2.61. The third kappa shape index (κ3) is 4.13. The summed E-state index contributed by atoms with van der Waals surface area (Å²) in [5.41, 5.74) is 0. The summed E-state index contributed by atoms with van der Waals surface area (Å²) >= 11 is 3.28. The molecule has 0 unspecified atom stereocenters. The lowest BCUT2D eigenvalue weighted by Gasteiger charge is -2.21. The molecule has 15 heavy (non-hydrogen) atoms. The highest BCUT2D eigenvalue weighted by Gasteiger charge is 2.13. The molecule has 5 heteroatoms. The Morgan fingerprint density at radius 1 is 1.40 bits per heavy atom. The molecule has 1 heterocycles. The number of aliphatic hydroxyl groups excluding tert-OH is 1. The van der Waals surface area contributed by atoms with Crippen LogP contribution in [0, 0.1) is 5.92 Å². The number of nitrogens with zero attached hydrogens (tertiary/aromatic N) is 2. The number of aromatic nitrogens is 2. The quantitative estimate of drug-likeness (QED) is 0.862. The summed E-state index contributed by atoms with van der Waals surface area (Å²) in [6.07, 6.45) is 4.11. The molecule has 0 aromatic carbocycles. The monoisotopic (exact) mass is 273 g/mol. The summed E-state index contributed by atoms with van der Waals surface area (Å²) in [4.78, 5) is 8.26. The fraction of sp³-hybridized carbons (Fsp3) is 0.600. The lowest BCUT2D eigenvalue weighted by molar-refractivity contribution is 0.267. The van der Waals surface area contributed by atoms with E-state index in [4.69, 9.17) is 5.11 Å². The zero-order valence-corrected chi connectivity index (χ0v) is 10.5. The Hall–Kier alpha value is -0.680. The number of hydrogen-bond acceptors (Lipinski definition) is 4. The topological polar surface area (TPSA) is 58.0 Å². The lowest BCUT2D eigenvalue weighted by atomic mass is 10.0. The van der Waals surface area contributed by atoms with Gasteiger partial charge in [-0.1, -0.05) is 13.8 Å². The molecule has 4 nitrogen and oxygen atoms in total. The average Bonchev–Trinajstić information content (AvgIpc) is 2.20. The Bertz CT molecular complexity index is 289. The van der Waals surface area contributed by atoms with E-state index in [1.165, 1.54) is 0 Å². The van der Waals surface area contributed by atoms with Crippen molar-refractivity contribution in [1.82, 2.24) is 9.97 Å². The summed E-state index contributed by atoms with van der Waals surface area (Å²) in [5, 5.41) is 12.1. The van der Waals surface area contributed by atoms with Crippen LogP contribution in [0.2, 0.25) is 0 Å². The van der Waals surface area contributed by atoms with Gasteiger partial charge in [-0.25, -0.2) is 9.97 Å². The first-order valence-electron chi connectivity index (χ1n) is 4.98. The van der Waals surface area contributed by atoms with Gasteiger partial charge in [-0.05, 0) is 28.3 Å². The number of nitrogens with one attached hydrogen (secondary N) is 1. The molecule has 1 atom stereocenters. The maximum absolute atomic E-state index is 8.92. The predicted octanol–water partition coefficient (Wildman–Crippen LogP) is 2.06. The van der Waals surface area contributed by atoms with Crippen LogP contribution in [-0.2, 0) is 0 Å². The van der Waals surface area contributed by atoms with Gasteiger partial charge in [0, 0.05) is 25.0 Å². The first-order valence-corrected chi connectivity index (χ1v) is 5.77. The number of aliphatic hydroxyl groups is 1. The molecule has 0 aliphatic carbocycles. The van der Waals surface area contributed by atoms with Gasteiger partial charge >= 0.3 is 0 Å². The first-order chi connectivity index (χ1) is 7.13. The van der Waals surface area contributed by atoms with Crippen LogP contribution in [0.4, 0.5) is 5.95 Å².